The Morgan fingerprint density at radius 3 is 2.78 bits per heavy atom. The van der Waals surface area contributed by atoms with Crippen LogP contribution in [0.3, 0.4) is 0 Å². The van der Waals surface area contributed by atoms with E-state index in [1.165, 1.54) is 0 Å². The summed E-state index contributed by atoms with van der Waals surface area (Å²) in [6.45, 7) is 0.322. The minimum Gasteiger partial charge on any atom is -0.493 e. The highest BCUT2D eigenvalue weighted by molar-refractivity contribution is 5.91. The molecule has 1 amide bonds. The average molecular weight is 430 g/mol. The predicted molar refractivity (Wildman–Crippen MR) is 121 cm³/mol. The van der Waals surface area contributed by atoms with Gasteiger partial charge in [0.15, 0.2) is 11.5 Å². The molecule has 2 N–H and O–H groups in total. The number of rotatable bonds is 8. The summed E-state index contributed by atoms with van der Waals surface area (Å²) in [4.78, 5) is 35.9. The number of nitrogens with zero attached hydrogens (tertiary/aromatic N) is 2. The number of hydrogen-bond acceptors (Lipinski definition) is 6. The molecule has 2 aromatic carbocycles. The third kappa shape index (κ3) is 5.10. The number of pyridine rings is 1. The fourth-order valence-corrected chi connectivity index (χ4v) is 3.22. The number of aromatic amines is 1. The molecule has 0 atom stereocenters. The highest BCUT2D eigenvalue weighted by atomic mass is 16.5. The first-order chi connectivity index (χ1) is 15.6. The van der Waals surface area contributed by atoms with E-state index in [0.29, 0.717) is 46.9 Å². The lowest BCUT2D eigenvalue weighted by Gasteiger charge is -2.13. The Hall–Kier alpha value is -4.20. The molecule has 8 nitrogen and oxygen atoms in total. The highest BCUT2D eigenvalue weighted by Gasteiger charge is 2.10. The van der Waals surface area contributed by atoms with Crippen molar-refractivity contribution in [2.24, 2.45) is 0 Å². The van der Waals surface area contributed by atoms with E-state index >= 15 is 0 Å². The molecule has 0 saturated carbocycles. The molecular formula is C24H22N4O4. The van der Waals surface area contributed by atoms with Crippen molar-refractivity contribution in [3.8, 4) is 11.5 Å². The Labute approximate surface area is 184 Å². The molecule has 2 heterocycles. The number of nitrogens with one attached hydrogen (secondary N) is 2. The summed E-state index contributed by atoms with van der Waals surface area (Å²) in [5.41, 5.74) is 1.90. The number of fused-ring (bicyclic) bond motifs is 1. The van der Waals surface area contributed by atoms with Gasteiger partial charge in [-0.1, -0.05) is 18.2 Å². The number of H-pyrrole nitrogens is 1. The Balaban J connectivity index is 1.40. The van der Waals surface area contributed by atoms with Crippen LogP contribution in [0.2, 0.25) is 0 Å². The van der Waals surface area contributed by atoms with Crippen LogP contribution in [0.15, 0.2) is 71.8 Å². The molecule has 32 heavy (non-hydrogen) atoms. The summed E-state index contributed by atoms with van der Waals surface area (Å²) in [6.07, 6.45) is 3.90. The molecule has 0 aliphatic rings. The summed E-state index contributed by atoms with van der Waals surface area (Å²) < 4.78 is 11.2. The van der Waals surface area contributed by atoms with Gasteiger partial charge in [0, 0.05) is 42.6 Å². The molecule has 0 bridgehead atoms. The molecule has 4 aromatic rings. The quantitative estimate of drug-likeness (QED) is 0.443. The molecule has 0 aliphatic heterocycles. The van der Waals surface area contributed by atoms with Crippen LogP contribution in [0.5, 0.6) is 11.5 Å². The number of aromatic nitrogens is 3. The van der Waals surface area contributed by atoms with E-state index in [0.717, 1.165) is 5.56 Å². The van der Waals surface area contributed by atoms with Crippen molar-refractivity contribution in [2.45, 2.75) is 19.4 Å². The van der Waals surface area contributed by atoms with Gasteiger partial charge in [0.2, 0.25) is 5.91 Å². The average Bonchev–Trinajstić information content (AvgIpc) is 2.82. The number of carbonyl (C=O) groups is 1. The first-order valence-corrected chi connectivity index (χ1v) is 10.1. The van der Waals surface area contributed by atoms with Gasteiger partial charge in [-0.15, -0.1) is 0 Å². The van der Waals surface area contributed by atoms with Gasteiger partial charge >= 0.3 is 0 Å². The van der Waals surface area contributed by atoms with Gasteiger partial charge in [0.25, 0.3) is 5.56 Å². The van der Waals surface area contributed by atoms with E-state index in [2.05, 4.69) is 20.3 Å². The minimum atomic E-state index is -0.212. The first kappa shape index (κ1) is 21.0. The van der Waals surface area contributed by atoms with Crippen LogP contribution in [0.4, 0.5) is 5.69 Å². The van der Waals surface area contributed by atoms with Crippen LogP contribution >= 0.6 is 0 Å². The third-order valence-electron chi connectivity index (χ3n) is 4.82. The topological polar surface area (TPSA) is 106 Å². The summed E-state index contributed by atoms with van der Waals surface area (Å²) in [6, 6.07) is 16.0. The Kier molecular flexibility index (Phi) is 6.41. The van der Waals surface area contributed by atoms with E-state index in [1.54, 1.807) is 55.9 Å². The zero-order valence-corrected chi connectivity index (χ0v) is 17.5. The summed E-state index contributed by atoms with van der Waals surface area (Å²) in [5.74, 6) is 1.34. The lowest BCUT2D eigenvalue weighted by molar-refractivity contribution is -0.116. The number of ether oxygens (including phenoxy) is 2. The molecule has 0 unspecified atom stereocenters. The lowest BCUT2D eigenvalue weighted by Crippen LogP contribution is -2.16. The number of benzene rings is 2. The van der Waals surface area contributed by atoms with Crippen molar-refractivity contribution in [3.63, 3.8) is 0 Å². The molecule has 0 radical (unpaired) electrons. The van der Waals surface area contributed by atoms with Crippen molar-refractivity contribution in [1.82, 2.24) is 15.0 Å². The second-order valence-corrected chi connectivity index (χ2v) is 7.09. The largest absolute Gasteiger partial charge is 0.493 e. The minimum absolute atomic E-state index is 0.166. The van der Waals surface area contributed by atoms with Crippen molar-refractivity contribution in [1.29, 1.82) is 0 Å². The van der Waals surface area contributed by atoms with E-state index in [4.69, 9.17) is 9.47 Å². The van der Waals surface area contributed by atoms with Gasteiger partial charge in [-0.3, -0.25) is 14.6 Å². The number of aryl methyl sites for hydroxylation is 1. The Bertz CT molecular complexity index is 1290. The lowest BCUT2D eigenvalue weighted by atomic mass is 10.2. The van der Waals surface area contributed by atoms with Gasteiger partial charge in [0.05, 0.1) is 18.0 Å². The van der Waals surface area contributed by atoms with E-state index in [9.17, 15) is 9.59 Å². The van der Waals surface area contributed by atoms with Gasteiger partial charge < -0.3 is 19.8 Å². The second-order valence-electron chi connectivity index (χ2n) is 7.09. The van der Waals surface area contributed by atoms with Crippen molar-refractivity contribution < 1.29 is 14.3 Å². The predicted octanol–water partition coefficient (Wildman–Crippen LogP) is 3.48. The molecule has 2 aromatic heterocycles. The van der Waals surface area contributed by atoms with Crippen molar-refractivity contribution >= 4 is 22.5 Å². The second kappa shape index (κ2) is 9.74. The fourth-order valence-electron chi connectivity index (χ4n) is 3.22. The van der Waals surface area contributed by atoms with Crippen molar-refractivity contribution in [3.05, 3.63) is 88.7 Å². The standard InChI is InChI=1S/C24H22N4O4/c1-31-20-9-8-17(13-21(20)32-15-16-5-4-12-25-14-16)26-23(29)11-10-22-27-19-7-3-2-6-18(19)24(30)28-22/h2-9,12-14H,10-11,15H2,1H3,(H,26,29)(H,27,28,30). The van der Waals surface area contributed by atoms with Crippen LogP contribution < -0.4 is 20.3 Å². The van der Waals surface area contributed by atoms with Gasteiger partial charge in [-0.05, 0) is 30.3 Å². The van der Waals surface area contributed by atoms with E-state index in [1.807, 2.05) is 18.2 Å². The smallest absolute Gasteiger partial charge is 0.258 e. The van der Waals surface area contributed by atoms with Crippen LogP contribution in [0.25, 0.3) is 10.9 Å². The maximum absolute atomic E-state index is 12.5. The first-order valence-electron chi connectivity index (χ1n) is 10.1. The summed E-state index contributed by atoms with van der Waals surface area (Å²) >= 11 is 0. The Morgan fingerprint density at radius 2 is 1.97 bits per heavy atom. The van der Waals surface area contributed by atoms with E-state index < -0.39 is 0 Å². The molecule has 0 fully saturated rings. The molecule has 162 valence electrons. The normalized spacial score (nSPS) is 10.7. The molecule has 0 spiro atoms. The van der Waals surface area contributed by atoms with Gasteiger partial charge in [-0.2, -0.15) is 0 Å². The summed E-state index contributed by atoms with van der Waals surface area (Å²) in [7, 11) is 1.56. The van der Waals surface area contributed by atoms with Crippen LogP contribution in [-0.4, -0.2) is 28.0 Å². The van der Waals surface area contributed by atoms with E-state index in [-0.39, 0.29) is 17.9 Å². The van der Waals surface area contributed by atoms with Gasteiger partial charge in [-0.25, -0.2) is 4.98 Å². The van der Waals surface area contributed by atoms with Crippen LogP contribution in [-0.2, 0) is 17.8 Å². The zero-order valence-electron chi connectivity index (χ0n) is 17.5. The fraction of sp³-hybridized carbons (Fsp3) is 0.167. The number of methoxy groups -OCH3 is 1. The Morgan fingerprint density at radius 1 is 1.09 bits per heavy atom. The molecule has 0 aliphatic carbocycles. The summed E-state index contributed by atoms with van der Waals surface area (Å²) in [5, 5.41) is 3.37. The SMILES string of the molecule is COc1ccc(NC(=O)CCc2nc3ccccc3c(=O)[nH]2)cc1OCc1cccnc1. The molecule has 4 rings (SSSR count). The van der Waals surface area contributed by atoms with Crippen molar-refractivity contribution in [2.75, 3.05) is 12.4 Å². The maximum atomic E-state index is 12.5. The number of anilines is 1. The number of para-hydroxylation sites is 1. The maximum Gasteiger partial charge on any atom is 0.258 e. The van der Waals surface area contributed by atoms with Crippen LogP contribution in [0.1, 0.15) is 17.8 Å². The number of amides is 1. The number of carbonyl (C=O) groups excluding carboxylic acids is 1. The van der Waals surface area contributed by atoms with Crippen LogP contribution in [0, 0.1) is 0 Å². The number of hydrogen-bond donors (Lipinski definition) is 2. The highest BCUT2D eigenvalue weighted by Crippen LogP contribution is 2.31. The molecule has 8 heteroatoms. The monoisotopic (exact) mass is 430 g/mol. The molecule has 0 saturated heterocycles. The zero-order chi connectivity index (χ0) is 22.3. The molecular weight excluding hydrogens is 408 g/mol. The van der Waals surface area contributed by atoms with Gasteiger partial charge in [0.1, 0.15) is 12.4 Å². The third-order valence-corrected chi connectivity index (χ3v) is 4.82.